The molecule has 0 aromatic carbocycles. The Hall–Kier alpha value is -0.240. The number of nitrogens with zero attached hydrogens (tertiary/aromatic N) is 2. The molecule has 0 radical (unpaired) electrons. The molecule has 0 aromatic rings. The zero-order valence-corrected chi connectivity index (χ0v) is 3.70. The van der Waals surface area contributed by atoms with E-state index in [1.807, 2.05) is 0 Å². The van der Waals surface area contributed by atoms with Gasteiger partial charge < -0.3 is 10.4 Å². The zero-order valence-electron chi connectivity index (χ0n) is 3.70. The number of hydrogen-bond donors (Lipinski definition) is 1. The predicted octanol–water partition coefficient (Wildman–Crippen LogP) is -1.06. The number of hydrazine groups is 1. The number of nitrogens with two attached hydrogens (primary N) is 1. The summed E-state index contributed by atoms with van der Waals surface area (Å²) in [4.78, 5) is 3.58. The fourth-order valence-corrected chi connectivity index (χ4v) is 0.113. The van der Waals surface area contributed by atoms with Crippen LogP contribution in [0.5, 0.6) is 0 Å². The summed E-state index contributed by atoms with van der Waals surface area (Å²) < 4.78 is 0. The molecule has 0 aliphatic rings. The van der Waals surface area contributed by atoms with Gasteiger partial charge in [0.05, 0.1) is 0 Å². The van der Waals surface area contributed by atoms with Crippen LogP contribution in [-0.2, 0) is 4.94 Å². The Morgan fingerprint density at radius 1 is 1.57 bits per heavy atom. The van der Waals surface area contributed by atoms with Crippen LogP contribution < -0.4 is 5.84 Å². The molecule has 0 unspecified atom stereocenters. The summed E-state index contributed by atoms with van der Waals surface area (Å²) in [6.45, 7) is 0. The van der Waals surface area contributed by atoms with E-state index in [1.54, 1.807) is 0 Å². The van der Waals surface area contributed by atoms with Crippen LogP contribution >= 0.6 is 0 Å². The third kappa shape index (κ3) is 5.76. The summed E-state index contributed by atoms with van der Waals surface area (Å²) in [5, 5.41) is 18.6. The van der Waals surface area contributed by atoms with E-state index >= 15 is 0 Å². The Bertz CT molecular complexity index is 39.4. The molecule has 0 atom stereocenters. The smallest absolute Gasteiger partial charge is 0.00108 e. The normalized spacial score (nSPS) is 11.1. The standard InChI is InChI=1S/CH5N3O3/c1-3(5)7-4(2)6/h2H2,1H3/q-2. The molecule has 0 bridgehead atoms. The van der Waals surface area contributed by atoms with Crippen molar-refractivity contribution >= 4 is 0 Å². The first-order chi connectivity index (χ1) is 3.13. The molecule has 0 aliphatic carbocycles. The monoisotopic (exact) mass is 107 g/mol. The lowest BCUT2D eigenvalue weighted by molar-refractivity contribution is -0.271. The van der Waals surface area contributed by atoms with Crippen molar-refractivity contribution in [1.82, 2.24) is 10.6 Å². The van der Waals surface area contributed by atoms with Gasteiger partial charge in [-0.1, -0.05) is 0 Å². The van der Waals surface area contributed by atoms with Crippen molar-refractivity contribution in [3.05, 3.63) is 10.4 Å². The van der Waals surface area contributed by atoms with Gasteiger partial charge in [0, 0.05) is 7.05 Å². The highest BCUT2D eigenvalue weighted by atomic mass is 17.1. The summed E-state index contributed by atoms with van der Waals surface area (Å²) >= 11 is 0. The van der Waals surface area contributed by atoms with Crippen molar-refractivity contribution < 1.29 is 4.94 Å². The molecule has 2 N–H and O–H groups in total. The summed E-state index contributed by atoms with van der Waals surface area (Å²) in [5.74, 6) is 4.31. The molecule has 0 amide bonds. The molecule has 0 saturated carbocycles. The van der Waals surface area contributed by atoms with Crippen LogP contribution in [-0.4, -0.2) is 17.6 Å². The van der Waals surface area contributed by atoms with Crippen LogP contribution in [0.4, 0.5) is 0 Å². The minimum atomic E-state index is -0.438. The number of hydrogen-bond acceptors (Lipinski definition) is 6. The molecule has 0 heterocycles. The second-order valence-electron chi connectivity index (χ2n) is 0.807. The molecule has 0 fully saturated rings. The van der Waals surface area contributed by atoms with Crippen molar-refractivity contribution in [3.63, 3.8) is 0 Å². The number of hydroxylamine groups is 2. The minimum absolute atomic E-state index is 0.0625. The van der Waals surface area contributed by atoms with Gasteiger partial charge in [0.15, 0.2) is 0 Å². The average molecular weight is 107 g/mol. The van der Waals surface area contributed by atoms with Crippen LogP contribution in [0.1, 0.15) is 0 Å². The molecule has 6 nitrogen and oxygen atoms in total. The van der Waals surface area contributed by atoms with E-state index in [-0.39, 0.29) is 5.23 Å². The molecule has 0 spiro atoms. The maximum Gasteiger partial charge on any atom is 0.00108 e. The number of rotatable bonds is 2. The Balaban J connectivity index is 2.95. The van der Waals surface area contributed by atoms with E-state index in [2.05, 4.69) is 10.8 Å². The van der Waals surface area contributed by atoms with E-state index < -0.39 is 5.34 Å². The Kier molecular flexibility index (Phi) is 2.76. The lowest BCUT2D eigenvalue weighted by atomic mass is 11.5. The topological polar surface area (TPSA) is 87.9 Å². The lowest BCUT2D eigenvalue weighted by Gasteiger charge is -2.29. The third-order valence-corrected chi connectivity index (χ3v) is 0.195. The van der Waals surface area contributed by atoms with Gasteiger partial charge >= 0.3 is 0 Å². The second-order valence-corrected chi connectivity index (χ2v) is 0.807. The first kappa shape index (κ1) is 6.76. The van der Waals surface area contributed by atoms with Gasteiger partial charge in [-0.3, -0.25) is 5.84 Å². The van der Waals surface area contributed by atoms with Crippen LogP contribution in [0.15, 0.2) is 0 Å². The minimum Gasteiger partial charge on any atom is -0.761 e. The summed E-state index contributed by atoms with van der Waals surface area (Å²) in [6.07, 6.45) is 0. The van der Waals surface area contributed by atoms with Gasteiger partial charge in [0.25, 0.3) is 0 Å². The predicted molar refractivity (Wildman–Crippen MR) is 21.6 cm³/mol. The molecule has 0 saturated heterocycles. The largest absolute Gasteiger partial charge is 0.761 e. The maximum absolute atomic E-state index is 9.63. The average Bonchev–Trinajstić information content (AvgIpc) is 1.27. The van der Waals surface area contributed by atoms with Crippen molar-refractivity contribution in [2.24, 2.45) is 5.84 Å². The maximum atomic E-state index is 9.63. The zero-order chi connectivity index (χ0) is 5.86. The van der Waals surface area contributed by atoms with Crippen LogP contribution in [0, 0.1) is 10.4 Å². The van der Waals surface area contributed by atoms with Gasteiger partial charge in [-0.05, 0) is 0 Å². The molecular weight excluding hydrogens is 102 g/mol. The van der Waals surface area contributed by atoms with Crippen LogP contribution in [0.25, 0.3) is 0 Å². The SMILES string of the molecule is CN([O-])ON(N)[O-]. The molecule has 0 rings (SSSR count). The Morgan fingerprint density at radius 3 is 2.00 bits per heavy atom. The second kappa shape index (κ2) is 2.86. The van der Waals surface area contributed by atoms with E-state index in [9.17, 15) is 10.4 Å². The van der Waals surface area contributed by atoms with E-state index in [0.717, 1.165) is 7.05 Å². The van der Waals surface area contributed by atoms with E-state index in [4.69, 9.17) is 0 Å². The summed E-state index contributed by atoms with van der Waals surface area (Å²) in [7, 11) is 0.998. The van der Waals surface area contributed by atoms with E-state index in [0.29, 0.717) is 0 Å². The van der Waals surface area contributed by atoms with Gasteiger partial charge in [-0.2, -0.15) is 5.34 Å². The first-order valence-electron chi connectivity index (χ1n) is 1.44. The first-order valence-corrected chi connectivity index (χ1v) is 1.44. The molecule has 0 aliphatic heterocycles. The highest BCUT2D eigenvalue weighted by molar-refractivity contribution is 4.24. The van der Waals surface area contributed by atoms with Gasteiger partial charge in [0.2, 0.25) is 0 Å². The van der Waals surface area contributed by atoms with Gasteiger partial charge in [0.1, 0.15) is 0 Å². The van der Waals surface area contributed by atoms with Crippen molar-refractivity contribution in [2.75, 3.05) is 7.05 Å². The highest BCUT2D eigenvalue weighted by Crippen LogP contribution is 1.78. The van der Waals surface area contributed by atoms with Crippen LogP contribution in [0.2, 0.25) is 0 Å². The fraction of sp³-hybridized carbons (Fsp3) is 1.00. The molecule has 7 heavy (non-hydrogen) atoms. The summed E-state index contributed by atoms with van der Waals surface area (Å²) in [5.41, 5.74) is 0. The fourth-order valence-electron chi connectivity index (χ4n) is 0.113. The molecular formula is CH5N3O3-2. The Morgan fingerprint density at radius 2 is 2.00 bits per heavy atom. The Labute approximate surface area is 40.1 Å². The third-order valence-electron chi connectivity index (χ3n) is 0.195. The highest BCUT2D eigenvalue weighted by Gasteiger charge is 1.75. The lowest BCUT2D eigenvalue weighted by Crippen LogP contribution is -2.30. The van der Waals surface area contributed by atoms with Gasteiger partial charge in [-0.25, -0.2) is 10.2 Å². The molecule has 44 valence electrons. The molecule has 6 heteroatoms. The van der Waals surface area contributed by atoms with E-state index in [1.165, 1.54) is 0 Å². The van der Waals surface area contributed by atoms with Crippen molar-refractivity contribution in [3.8, 4) is 0 Å². The molecule has 0 aromatic heterocycles. The van der Waals surface area contributed by atoms with Crippen LogP contribution in [0.3, 0.4) is 0 Å². The van der Waals surface area contributed by atoms with Gasteiger partial charge in [-0.15, -0.1) is 0 Å². The van der Waals surface area contributed by atoms with Crippen molar-refractivity contribution in [2.45, 2.75) is 0 Å². The quantitative estimate of drug-likeness (QED) is 0.357. The summed E-state index contributed by atoms with van der Waals surface area (Å²) in [6, 6.07) is 0. The van der Waals surface area contributed by atoms with Crippen molar-refractivity contribution in [1.29, 1.82) is 0 Å².